The van der Waals surface area contributed by atoms with Gasteiger partial charge in [-0.1, -0.05) is 0 Å². The van der Waals surface area contributed by atoms with Crippen molar-refractivity contribution in [3.05, 3.63) is 0 Å². The predicted octanol–water partition coefficient (Wildman–Crippen LogP) is -0.186. The molecule has 1 aromatic heterocycles. The lowest BCUT2D eigenvalue weighted by atomic mass is 10.8. The van der Waals surface area contributed by atoms with Crippen LogP contribution in [0.15, 0.2) is 0 Å². The summed E-state index contributed by atoms with van der Waals surface area (Å²) < 4.78 is 14.1. The Morgan fingerprint density at radius 1 is 1.00 bits per heavy atom. The second-order valence-electron chi connectivity index (χ2n) is 2.19. The van der Waals surface area contributed by atoms with E-state index in [0.29, 0.717) is 0 Å². The summed E-state index contributed by atoms with van der Waals surface area (Å²) in [5.41, 5.74) is 0. The van der Waals surface area contributed by atoms with Crippen LogP contribution in [0.5, 0.6) is 18.0 Å². The second kappa shape index (κ2) is 4.35. The van der Waals surface area contributed by atoms with Crippen LogP contribution in [0.4, 0.5) is 0 Å². The third-order valence-electron chi connectivity index (χ3n) is 1.17. The normalized spacial score (nSPS) is 9.36. The van der Waals surface area contributed by atoms with Crippen LogP contribution < -0.4 is 14.2 Å². The molecule has 14 heavy (non-hydrogen) atoms. The van der Waals surface area contributed by atoms with Crippen molar-refractivity contribution in [1.29, 1.82) is 0 Å². The third kappa shape index (κ3) is 2.54. The van der Waals surface area contributed by atoms with Crippen molar-refractivity contribution >= 4 is 5.97 Å². The van der Waals surface area contributed by atoms with E-state index in [-0.39, 0.29) is 18.0 Å². The maximum atomic E-state index is 10.6. The molecule has 0 saturated carbocycles. The van der Waals surface area contributed by atoms with Crippen LogP contribution in [-0.2, 0) is 4.79 Å². The van der Waals surface area contributed by atoms with Gasteiger partial charge in [-0.25, -0.2) is 0 Å². The van der Waals surface area contributed by atoms with Gasteiger partial charge in [0.25, 0.3) is 0 Å². The number of rotatable bonds is 3. The van der Waals surface area contributed by atoms with Crippen molar-refractivity contribution in [2.75, 3.05) is 14.2 Å². The lowest BCUT2D eigenvalue weighted by Crippen LogP contribution is -2.07. The van der Waals surface area contributed by atoms with E-state index in [1.807, 2.05) is 0 Å². The van der Waals surface area contributed by atoms with Crippen molar-refractivity contribution in [3.8, 4) is 18.0 Å². The molecule has 0 radical (unpaired) electrons. The smallest absolute Gasteiger partial charge is 0.333 e. The molecule has 0 N–H and O–H groups in total. The number of hydrogen-bond acceptors (Lipinski definition) is 7. The van der Waals surface area contributed by atoms with Crippen LogP contribution in [-0.4, -0.2) is 35.1 Å². The van der Waals surface area contributed by atoms with E-state index in [4.69, 9.17) is 9.47 Å². The number of carbonyl (C=O) groups is 1. The van der Waals surface area contributed by atoms with Gasteiger partial charge in [0.1, 0.15) is 0 Å². The Hall–Kier alpha value is -1.92. The van der Waals surface area contributed by atoms with Gasteiger partial charge in [0, 0.05) is 6.92 Å². The number of aromatic nitrogens is 3. The first-order chi connectivity index (χ1) is 6.65. The highest BCUT2D eigenvalue weighted by molar-refractivity contribution is 5.68. The van der Waals surface area contributed by atoms with Crippen LogP contribution in [0.3, 0.4) is 0 Å². The van der Waals surface area contributed by atoms with Crippen molar-refractivity contribution < 1.29 is 19.0 Å². The fraction of sp³-hybridized carbons (Fsp3) is 0.429. The summed E-state index contributed by atoms with van der Waals surface area (Å²) in [5.74, 6) is -0.527. The maximum Gasteiger partial charge on any atom is 0.333 e. The van der Waals surface area contributed by atoms with Gasteiger partial charge in [0.2, 0.25) is 0 Å². The largest absolute Gasteiger partial charge is 0.467 e. The van der Waals surface area contributed by atoms with Crippen LogP contribution in [0.25, 0.3) is 0 Å². The highest BCUT2D eigenvalue weighted by Crippen LogP contribution is 2.13. The Balaban J connectivity index is 2.98. The minimum Gasteiger partial charge on any atom is -0.467 e. The number of hydrogen-bond donors (Lipinski definition) is 0. The Bertz CT molecular complexity index is 319. The minimum atomic E-state index is -0.527. The van der Waals surface area contributed by atoms with E-state index < -0.39 is 5.97 Å². The Kier molecular flexibility index (Phi) is 3.16. The topological polar surface area (TPSA) is 83.4 Å². The molecular formula is C7H9N3O4. The van der Waals surface area contributed by atoms with Crippen molar-refractivity contribution in [1.82, 2.24) is 15.0 Å². The Morgan fingerprint density at radius 3 is 1.79 bits per heavy atom. The van der Waals surface area contributed by atoms with Crippen LogP contribution in [0.1, 0.15) is 6.92 Å². The minimum absolute atomic E-state index is 0.0214. The summed E-state index contributed by atoms with van der Waals surface area (Å²) in [7, 11) is 2.76. The molecule has 0 spiro atoms. The fourth-order valence-corrected chi connectivity index (χ4v) is 0.677. The fourth-order valence-electron chi connectivity index (χ4n) is 0.677. The summed E-state index contributed by atoms with van der Waals surface area (Å²) in [6.07, 6.45) is 0. The first-order valence-electron chi connectivity index (χ1n) is 3.68. The highest BCUT2D eigenvalue weighted by Gasteiger charge is 2.09. The first-order valence-corrected chi connectivity index (χ1v) is 3.68. The van der Waals surface area contributed by atoms with Crippen LogP contribution >= 0.6 is 0 Å². The number of ether oxygens (including phenoxy) is 3. The number of methoxy groups -OCH3 is 2. The quantitative estimate of drug-likeness (QED) is 0.624. The molecule has 0 aromatic carbocycles. The van der Waals surface area contributed by atoms with Gasteiger partial charge in [-0.15, -0.1) is 15.0 Å². The first kappa shape index (κ1) is 10.2. The molecule has 0 aliphatic heterocycles. The monoisotopic (exact) mass is 199 g/mol. The van der Waals surface area contributed by atoms with Crippen molar-refractivity contribution in [2.24, 2.45) is 0 Å². The summed E-state index contributed by atoms with van der Waals surface area (Å²) in [6, 6.07) is -0.109. The molecule has 0 fully saturated rings. The van der Waals surface area contributed by atoms with Gasteiger partial charge in [-0.05, 0) is 0 Å². The zero-order valence-electron chi connectivity index (χ0n) is 7.97. The lowest BCUT2D eigenvalue weighted by Gasteiger charge is -2.03. The van der Waals surface area contributed by atoms with E-state index in [2.05, 4.69) is 19.7 Å². The molecule has 1 rings (SSSR count). The molecule has 1 aromatic rings. The summed E-state index contributed by atoms with van der Waals surface area (Å²) in [5, 5.41) is 0. The van der Waals surface area contributed by atoms with Crippen LogP contribution in [0, 0.1) is 0 Å². The summed E-state index contributed by atoms with van der Waals surface area (Å²) in [6.45, 7) is 1.24. The average Bonchev–Trinajstić information content (AvgIpc) is 2.16. The van der Waals surface area contributed by atoms with E-state index in [1.165, 1.54) is 21.1 Å². The molecule has 7 heteroatoms. The number of esters is 1. The molecule has 1 heterocycles. The Labute approximate surface area is 80.1 Å². The highest BCUT2D eigenvalue weighted by atomic mass is 16.6. The van der Waals surface area contributed by atoms with Gasteiger partial charge in [0.05, 0.1) is 14.2 Å². The van der Waals surface area contributed by atoms with Gasteiger partial charge in [-0.2, -0.15) is 0 Å². The molecule has 76 valence electrons. The standard InChI is InChI=1S/C7H9N3O4/c1-4(11)14-7-9-5(12-2)8-6(10-7)13-3/h1-3H3. The molecule has 0 unspecified atom stereocenters. The summed E-state index contributed by atoms with van der Waals surface area (Å²) >= 11 is 0. The molecule has 0 bridgehead atoms. The molecule has 0 aliphatic rings. The number of nitrogens with zero attached hydrogens (tertiary/aromatic N) is 3. The van der Waals surface area contributed by atoms with E-state index in [9.17, 15) is 4.79 Å². The lowest BCUT2D eigenvalue weighted by molar-refractivity contribution is -0.132. The van der Waals surface area contributed by atoms with Crippen molar-refractivity contribution in [2.45, 2.75) is 6.92 Å². The van der Waals surface area contributed by atoms with Crippen LogP contribution in [0.2, 0.25) is 0 Å². The summed E-state index contributed by atoms with van der Waals surface area (Å²) in [4.78, 5) is 21.7. The van der Waals surface area contributed by atoms with Gasteiger partial charge >= 0.3 is 24.0 Å². The van der Waals surface area contributed by atoms with E-state index >= 15 is 0 Å². The van der Waals surface area contributed by atoms with Gasteiger partial charge in [-0.3, -0.25) is 4.79 Å². The molecule has 7 nitrogen and oxygen atoms in total. The molecular weight excluding hydrogens is 190 g/mol. The SMILES string of the molecule is COc1nc(OC)nc(OC(C)=O)n1. The second-order valence-corrected chi connectivity index (χ2v) is 2.19. The zero-order valence-corrected chi connectivity index (χ0v) is 7.97. The molecule has 0 amide bonds. The van der Waals surface area contributed by atoms with Crippen molar-refractivity contribution in [3.63, 3.8) is 0 Å². The average molecular weight is 199 g/mol. The van der Waals surface area contributed by atoms with Gasteiger partial charge in [0.15, 0.2) is 0 Å². The number of carbonyl (C=O) groups excluding carboxylic acids is 1. The van der Waals surface area contributed by atoms with E-state index in [1.54, 1.807) is 0 Å². The predicted molar refractivity (Wildman–Crippen MR) is 44.2 cm³/mol. The molecule has 0 aliphatic carbocycles. The van der Waals surface area contributed by atoms with Gasteiger partial charge < -0.3 is 14.2 Å². The maximum absolute atomic E-state index is 10.6. The van der Waals surface area contributed by atoms with E-state index in [0.717, 1.165) is 0 Å². The molecule has 0 atom stereocenters. The Morgan fingerprint density at radius 2 is 1.43 bits per heavy atom. The zero-order chi connectivity index (χ0) is 10.6. The molecule has 0 saturated heterocycles. The third-order valence-corrected chi connectivity index (χ3v) is 1.17.